The second-order valence-electron chi connectivity index (χ2n) is 10.3. The van der Waals surface area contributed by atoms with Crippen molar-refractivity contribution in [3.8, 4) is 11.5 Å². The second-order valence-corrected chi connectivity index (χ2v) is 13.0. The number of piperazine rings is 1. The molecule has 2 aromatic rings. The number of hydrogen-bond donors (Lipinski definition) is 0. The van der Waals surface area contributed by atoms with Crippen molar-refractivity contribution in [2.24, 2.45) is 0 Å². The lowest BCUT2D eigenvalue weighted by Crippen LogP contribution is -2.54. The lowest BCUT2D eigenvalue weighted by Gasteiger charge is -2.40. The van der Waals surface area contributed by atoms with Crippen molar-refractivity contribution in [2.45, 2.75) is 44.9 Å². The first-order chi connectivity index (χ1) is 18.6. The molecule has 222 valence electrons. The van der Waals surface area contributed by atoms with Gasteiger partial charge in [-0.1, -0.05) is 35.3 Å². The van der Waals surface area contributed by atoms with Crippen LogP contribution in [0.2, 0.25) is 10.0 Å². The Labute approximate surface area is 244 Å². The zero-order valence-corrected chi connectivity index (χ0v) is 25.5. The Bertz CT molecular complexity index is 1320. The van der Waals surface area contributed by atoms with E-state index in [1.165, 1.54) is 23.7 Å². The third kappa shape index (κ3) is 7.76. The molecule has 1 saturated heterocycles. The number of alkyl halides is 2. The van der Waals surface area contributed by atoms with E-state index < -0.39 is 22.0 Å². The minimum Gasteiger partial charge on any atom is -0.493 e. The van der Waals surface area contributed by atoms with Crippen LogP contribution < -0.4 is 9.47 Å². The van der Waals surface area contributed by atoms with Crippen molar-refractivity contribution in [3.05, 3.63) is 57.6 Å². The summed E-state index contributed by atoms with van der Waals surface area (Å²) < 4.78 is 60.8. The molecule has 1 aliphatic heterocycles. The van der Waals surface area contributed by atoms with Gasteiger partial charge in [0.25, 0.3) is 0 Å². The molecular formula is C27H35Cl2F2N3O5S. The third-order valence-electron chi connectivity index (χ3n) is 7.24. The number of sulfonamides is 1. The van der Waals surface area contributed by atoms with Gasteiger partial charge in [-0.15, -0.1) is 0 Å². The van der Waals surface area contributed by atoms with E-state index in [1.807, 2.05) is 13.8 Å². The minimum atomic E-state index is -3.30. The maximum absolute atomic E-state index is 14.0. The highest BCUT2D eigenvalue weighted by Crippen LogP contribution is 2.36. The topological polar surface area (TPSA) is 79.4 Å². The van der Waals surface area contributed by atoms with Gasteiger partial charge in [-0.3, -0.25) is 4.79 Å². The van der Waals surface area contributed by atoms with Gasteiger partial charge in [-0.25, -0.2) is 8.42 Å². The molecule has 0 bridgehead atoms. The van der Waals surface area contributed by atoms with Gasteiger partial charge < -0.3 is 19.3 Å². The molecule has 13 heteroatoms. The summed E-state index contributed by atoms with van der Waals surface area (Å²) in [5.41, 5.74) is 0.361. The van der Waals surface area contributed by atoms with E-state index in [0.717, 1.165) is 0 Å². The van der Waals surface area contributed by atoms with E-state index in [2.05, 4.69) is 9.64 Å². The van der Waals surface area contributed by atoms with Crippen LogP contribution in [0.4, 0.5) is 8.78 Å². The molecule has 2 atom stereocenters. The van der Waals surface area contributed by atoms with Crippen LogP contribution in [-0.4, -0.2) is 87.7 Å². The zero-order valence-electron chi connectivity index (χ0n) is 23.2. The van der Waals surface area contributed by atoms with E-state index in [4.69, 9.17) is 27.9 Å². The molecule has 1 heterocycles. The van der Waals surface area contributed by atoms with Gasteiger partial charge in [0.05, 0.1) is 28.8 Å². The number of halogens is 4. The smallest absolute Gasteiger partial charge is 0.387 e. The number of carbonyl (C=O) groups excluding carboxylic acids is 1. The molecule has 1 fully saturated rings. The average molecular weight is 623 g/mol. The summed E-state index contributed by atoms with van der Waals surface area (Å²) in [6.45, 7) is 2.93. The molecule has 2 aromatic carbocycles. The van der Waals surface area contributed by atoms with Crippen molar-refractivity contribution < 1.29 is 31.5 Å². The summed E-state index contributed by atoms with van der Waals surface area (Å²) in [6, 6.07) is 9.48. The predicted octanol–water partition coefficient (Wildman–Crippen LogP) is 4.88. The third-order valence-corrected chi connectivity index (χ3v) is 9.38. The second kappa shape index (κ2) is 13.2. The van der Waals surface area contributed by atoms with E-state index in [-0.39, 0.29) is 30.0 Å². The van der Waals surface area contributed by atoms with Crippen molar-refractivity contribution in [3.63, 3.8) is 0 Å². The van der Waals surface area contributed by atoms with Crippen molar-refractivity contribution in [1.29, 1.82) is 0 Å². The standard InChI is InChI=1S/C27H35Cl2F2N3O5S/c1-18-16-33(12-13-34(18)40(5,36)37)11-10-27(2,20-7-8-21(28)22(29)15-20)25(35)32(3)17-19-6-9-23(39-26(30)31)24(14-19)38-4/h6-9,14-15,18,26H,10-13,16-17H2,1-5H3/t18-,27?/m1/s1. The van der Waals surface area contributed by atoms with E-state index in [1.54, 1.807) is 42.3 Å². The summed E-state index contributed by atoms with van der Waals surface area (Å²) in [7, 11) is -0.278. The summed E-state index contributed by atoms with van der Waals surface area (Å²) in [5.74, 6) is -0.144. The van der Waals surface area contributed by atoms with Crippen LogP contribution in [0, 0.1) is 0 Å². The SMILES string of the molecule is COc1cc(CN(C)C(=O)C(C)(CCN2CCN(S(C)(=O)=O)[C@H](C)C2)c2ccc(Cl)c(Cl)c2)ccc1OC(F)F. The molecule has 3 rings (SSSR count). The van der Waals surface area contributed by atoms with Gasteiger partial charge in [0.15, 0.2) is 11.5 Å². The molecule has 8 nitrogen and oxygen atoms in total. The number of likely N-dealkylation sites (N-methyl/N-ethyl adjacent to an activating group) is 1. The normalized spacial score (nSPS) is 18.4. The number of amides is 1. The van der Waals surface area contributed by atoms with Crippen LogP contribution in [0.25, 0.3) is 0 Å². The van der Waals surface area contributed by atoms with Crippen LogP contribution in [0.15, 0.2) is 36.4 Å². The quantitative estimate of drug-likeness (QED) is 0.356. The Balaban J connectivity index is 1.83. The van der Waals surface area contributed by atoms with E-state index >= 15 is 0 Å². The molecule has 1 amide bonds. The number of benzene rings is 2. The first-order valence-electron chi connectivity index (χ1n) is 12.7. The first-order valence-corrected chi connectivity index (χ1v) is 15.3. The Morgan fingerprint density at radius 2 is 1.85 bits per heavy atom. The summed E-state index contributed by atoms with van der Waals surface area (Å²) in [5, 5.41) is 0.702. The molecule has 1 aliphatic rings. The lowest BCUT2D eigenvalue weighted by atomic mass is 9.77. The molecule has 0 aromatic heterocycles. The Morgan fingerprint density at radius 3 is 2.42 bits per heavy atom. The highest BCUT2D eigenvalue weighted by Gasteiger charge is 2.39. The molecule has 0 saturated carbocycles. The van der Waals surface area contributed by atoms with Gasteiger partial charge in [0.1, 0.15) is 0 Å². The number of methoxy groups -OCH3 is 1. The number of rotatable bonds is 11. The fraction of sp³-hybridized carbons (Fsp3) is 0.519. The van der Waals surface area contributed by atoms with Crippen molar-refractivity contribution in [2.75, 3.05) is 46.6 Å². The van der Waals surface area contributed by atoms with Crippen LogP contribution in [0.1, 0.15) is 31.4 Å². The molecular weight excluding hydrogens is 587 g/mol. The van der Waals surface area contributed by atoms with Crippen LogP contribution in [-0.2, 0) is 26.8 Å². The number of nitrogens with zero attached hydrogens (tertiary/aromatic N) is 3. The zero-order chi connectivity index (χ0) is 29.8. The molecule has 0 aliphatic carbocycles. The summed E-state index contributed by atoms with van der Waals surface area (Å²) >= 11 is 12.5. The van der Waals surface area contributed by atoms with Gasteiger partial charge in [0, 0.05) is 39.3 Å². The highest BCUT2D eigenvalue weighted by molar-refractivity contribution is 7.88. The molecule has 0 N–H and O–H groups in total. The predicted molar refractivity (Wildman–Crippen MR) is 152 cm³/mol. The monoisotopic (exact) mass is 621 g/mol. The van der Waals surface area contributed by atoms with E-state index in [0.29, 0.717) is 53.8 Å². The fourth-order valence-electron chi connectivity index (χ4n) is 5.08. The van der Waals surface area contributed by atoms with Crippen molar-refractivity contribution in [1.82, 2.24) is 14.1 Å². The van der Waals surface area contributed by atoms with Crippen LogP contribution in [0.5, 0.6) is 11.5 Å². The Kier molecular flexibility index (Phi) is 10.7. The number of hydrogen-bond acceptors (Lipinski definition) is 6. The first kappa shape index (κ1) is 32.3. The molecule has 0 spiro atoms. The Morgan fingerprint density at radius 1 is 1.15 bits per heavy atom. The van der Waals surface area contributed by atoms with Gasteiger partial charge in [-0.2, -0.15) is 13.1 Å². The number of carbonyl (C=O) groups is 1. The number of ether oxygens (including phenoxy) is 2. The molecule has 0 radical (unpaired) electrons. The Hall–Kier alpha value is -2.18. The van der Waals surface area contributed by atoms with Gasteiger partial charge in [0.2, 0.25) is 15.9 Å². The minimum absolute atomic E-state index is 0.0962. The molecule has 40 heavy (non-hydrogen) atoms. The summed E-state index contributed by atoms with van der Waals surface area (Å²) in [4.78, 5) is 17.8. The largest absolute Gasteiger partial charge is 0.493 e. The lowest BCUT2D eigenvalue weighted by molar-refractivity contribution is -0.136. The maximum atomic E-state index is 14.0. The highest BCUT2D eigenvalue weighted by atomic mass is 35.5. The maximum Gasteiger partial charge on any atom is 0.387 e. The van der Waals surface area contributed by atoms with E-state index in [9.17, 15) is 22.0 Å². The van der Waals surface area contributed by atoms with Crippen LogP contribution in [0.3, 0.4) is 0 Å². The van der Waals surface area contributed by atoms with Crippen LogP contribution >= 0.6 is 23.2 Å². The summed E-state index contributed by atoms with van der Waals surface area (Å²) in [6.07, 6.45) is 1.65. The van der Waals surface area contributed by atoms with Crippen molar-refractivity contribution >= 4 is 39.1 Å². The molecule has 1 unspecified atom stereocenters. The fourth-order valence-corrected chi connectivity index (χ4v) is 6.51. The van der Waals surface area contributed by atoms with Gasteiger partial charge >= 0.3 is 6.61 Å². The average Bonchev–Trinajstić information content (AvgIpc) is 2.88. The van der Waals surface area contributed by atoms with Gasteiger partial charge in [-0.05, 0) is 62.2 Å².